The predicted molar refractivity (Wildman–Crippen MR) is 119 cm³/mol. The van der Waals surface area contributed by atoms with Gasteiger partial charge in [0.25, 0.3) is 0 Å². The lowest BCUT2D eigenvalue weighted by Gasteiger charge is -2.38. The number of nitrogens with one attached hydrogen (secondary N) is 1. The van der Waals surface area contributed by atoms with E-state index >= 15 is 0 Å². The summed E-state index contributed by atoms with van der Waals surface area (Å²) in [4.78, 5) is 38.0. The van der Waals surface area contributed by atoms with Gasteiger partial charge in [-0.05, 0) is 36.8 Å². The first-order valence-corrected chi connectivity index (χ1v) is 12.3. The molecule has 0 aromatic heterocycles. The maximum absolute atomic E-state index is 13.1. The van der Waals surface area contributed by atoms with Crippen molar-refractivity contribution >= 4 is 27.8 Å². The smallest absolute Gasteiger partial charge is 0.328 e. The SMILES string of the molecule is COC(=O)[C@H](CC(=O)N1CCC2(CCN(S(=O)(=O)c3cccc(OC)c3)CC2)C1)NC(C)=O. The van der Waals surface area contributed by atoms with E-state index in [2.05, 4.69) is 10.1 Å². The number of methoxy groups -OCH3 is 2. The van der Waals surface area contributed by atoms with E-state index in [1.165, 1.54) is 31.5 Å². The molecule has 33 heavy (non-hydrogen) atoms. The standard InChI is InChI=1S/C22H31N3O7S/c1-16(26)23-19(21(28)32-3)14-20(27)24-10-7-22(15-24)8-11-25(12-9-22)33(29,30)18-6-4-5-17(13-18)31-2/h4-6,13,19H,7-12,14-15H2,1-3H3,(H,23,26)/t19-/m0/s1. The lowest BCUT2D eigenvalue weighted by atomic mass is 9.78. The highest BCUT2D eigenvalue weighted by Crippen LogP contribution is 2.41. The summed E-state index contributed by atoms with van der Waals surface area (Å²) < 4.78 is 37.4. The number of benzene rings is 1. The molecule has 0 radical (unpaired) electrons. The van der Waals surface area contributed by atoms with E-state index in [1.807, 2.05) is 0 Å². The van der Waals surface area contributed by atoms with Gasteiger partial charge in [0, 0.05) is 39.2 Å². The molecule has 10 nitrogen and oxygen atoms in total. The van der Waals surface area contributed by atoms with Crippen LogP contribution in [0.4, 0.5) is 0 Å². The van der Waals surface area contributed by atoms with E-state index in [1.54, 1.807) is 23.1 Å². The molecule has 11 heteroatoms. The number of amides is 2. The molecular formula is C22H31N3O7S. The van der Waals surface area contributed by atoms with Crippen LogP contribution in [0.5, 0.6) is 5.75 Å². The van der Waals surface area contributed by atoms with Gasteiger partial charge in [0.1, 0.15) is 11.8 Å². The molecule has 3 rings (SSSR count). The molecule has 2 fully saturated rings. The molecular weight excluding hydrogens is 450 g/mol. The topological polar surface area (TPSA) is 122 Å². The normalized spacial score (nSPS) is 19.2. The zero-order valence-electron chi connectivity index (χ0n) is 19.2. The van der Waals surface area contributed by atoms with Gasteiger partial charge in [-0.1, -0.05) is 6.07 Å². The van der Waals surface area contributed by atoms with Gasteiger partial charge in [0.2, 0.25) is 21.8 Å². The van der Waals surface area contributed by atoms with E-state index in [0.29, 0.717) is 44.8 Å². The predicted octanol–water partition coefficient (Wildman–Crippen LogP) is 0.766. The fourth-order valence-corrected chi connectivity index (χ4v) is 6.03. The highest BCUT2D eigenvalue weighted by atomic mass is 32.2. The molecule has 0 saturated carbocycles. The Morgan fingerprint density at radius 2 is 1.79 bits per heavy atom. The van der Waals surface area contributed by atoms with E-state index in [9.17, 15) is 22.8 Å². The number of sulfonamides is 1. The largest absolute Gasteiger partial charge is 0.497 e. The van der Waals surface area contributed by atoms with Crippen LogP contribution in [0.25, 0.3) is 0 Å². The van der Waals surface area contributed by atoms with Gasteiger partial charge in [0.05, 0.1) is 25.5 Å². The molecule has 2 saturated heterocycles. The minimum absolute atomic E-state index is 0.148. The number of ether oxygens (including phenoxy) is 2. The molecule has 0 aliphatic carbocycles. The van der Waals surface area contributed by atoms with Crippen molar-refractivity contribution in [2.75, 3.05) is 40.4 Å². The fourth-order valence-electron chi connectivity index (χ4n) is 4.55. The van der Waals surface area contributed by atoms with Crippen LogP contribution in [-0.2, 0) is 29.1 Å². The first-order chi connectivity index (χ1) is 15.6. The third-order valence-corrected chi connectivity index (χ3v) is 8.39. The Labute approximate surface area is 194 Å². The Hall–Kier alpha value is -2.66. The number of rotatable bonds is 7. The number of hydrogen-bond donors (Lipinski definition) is 1. The highest BCUT2D eigenvalue weighted by molar-refractivity contribution is 7.89. The molecule has 182 valence electrons. The first-order valence-electron chi connectivity index (χ1n) is 10.9. The van der Waals surface area contributed by atoms with E-state index in [0.717, 1.165) is 6.42 Å². The van der Waals surface area contributed by atoms with Crippen molar-refractivity contribution in [3.8, 4) is 5.75 Å². The van der Waals surface area contributed by atoms with Crippen LogP contribution in [0.15, 0.2) is 29.2 Å². The van der Waals surface area contributed by atoms with Crippen LogP contribution in [-0.4, -0.2) is 81.8 Å². The maximum Gasteiger partial charge on any atom is 0.328 e. The van der Waals surface area contributed by atoms with Gasteiger partial charge in [-0.2, -0.15) is 4.31 Å². The van der Waals surface area contributed by atoms with Gasteiger partial charge in [-0.3, -0.25) is 9.59 Å². The Morgan fingerprint density at radius 3 is 2.39 bits per heavy atom. The summed E-state index contributed by atoms with van der Waals surface area (Å²) in [6.07, 6.45) is 1.89. The summed E-state index contributed by atoms with van der Waals surface area (Å²) in [7, 11) is -0.928. The van der Waals surface area contributed by atoms with Crippen molar-refractivity contribution in [3.05, 3.63) is 24.3 Å². The number of esters is 1. The monoisotopic (exact) mass is 481 g/mol. The molecule has 2 amide bonds. The summed E-state index contributed by atoms with van der Waals surface area (Å²) >= 11 is 0. The quantitative estimate of drug-likeness (QED) is 0.571. The van der Waals surface area contributed by atoms with Crippen molar-refractivity contribution in [1.29, 1.82) is 0 Å². The number of carbonyl (C=O) groups is 3. The fraction of sp³-hybridized carbons (Fsp3) is 0.591. The Balaban J connectivity index is 1.60. The second-order valence-electron chi connectivity index (χ2n) is 8.63. The third kappa shape index (κ3) is 5.64. The second-order valence-corrected chi connectivity index (χ2v) is 10.6. The van der Waals surface area contributed by atoms with Gasteiger partial charge >= 0.3 is 5.97 Å². The zero-order valence-corrected chi connectivity index (χ0v) is 20.0. The third-order valence-electron chi connectivity index (χ3n) is 6.50. The van der Waals surface area contributed by atoms with Crippen molar-refractivity contribution in [3.63, 3.8) is 0 Å². The number of carbonyl (C=O) groups excluding carboxylic acids is 3. The lowest BCUT2D eigenvalue weighted by Crippen LogP contribution is -2.46. The number of hydrogen-bond acceptors (Lipinski definition) is 7. The average Bonchev–Trinajstić information content (AvgIpc) is 3.21. The summed E-state index contributed by atoms with van der Waals surface area (Å²) in [6, 6.07) is 5.41. The summed E-state index contributed by atoms with van der Waals surface area (Å²) in [5, 5.41) is 2.46. The molecule has 0 unspecified atom stereocenters. The van der Waals surface area contributed by atoms with Crippen molar-refractivity contribution in [1.82, 2.24) is 14.5 Å². The Morgan fingerprint density at radius 1 is 1.12 bits per heavy atom. The van der Waals surface area contributed by atoms with Gasteiger partial charge < -0.3 is 19.7 Å². The average molecular weight is 482 g/mol. The molecule has 2 aliphatic heterocycles. The lowest BCUT2D eigenvalue weighted by molar-refractivity contribution is -0.147. The van der Waals surface area contributed by atoms with Gasteiger partial charge in [0.15, 0.2) is 0 Å². The number of likely N-dealkylation sites (tertiary alicyclic amines) is 1. The van der Waals surface area contributed by atoms with Crippen LogP contribution in [0.2, 0.25) is 0 Å². The molecule has 1 aromatic carbocycles. The minimum atomic E-state index is -3.63. The zero-order chi connectivity index (χ0) is 24.2. The van der Waals surface area contributed by atoms with Crippen LogP contribution in [0.3, 0.4) is 0 Å². The highest BCUT2D eigenvalue weighted by Gasteiger charge is 2.44. The van der Waals surface area contributed by atoms with Crippen molar-refractivity contribution in [2.24, 2.45) is 5.41 Å². The van der Waals surface area contributed by atoms with E-state index < -0.39 is 27.9 Å². The minimum Gasteiger partial charge on any atom is -0.497 e. The Kier molecular flexibility index (Phi) is 7.63. The maximum atomic E-state index is 13.1. The Bertz CT molecular complexity index is 1000. The summed E-state index contributed by atoms with van der Waals surface area (Å²) in [5.74, 6) is -0.828. The van der Waals surface area contributed by atoms with Gasteiger partial charge in [-0.15, -0.1) is 0 Å². The molecule has 1 atom stereocenters. The van der Waals surface area contributed by atoms with Crippen LogP contribution in [0.1, 0.15) is 32.6 Å². The molecule has 0 bridgehead atoms. The van der Waals surface area contributed by atoms with Crippen LogP contribution < -0.4 is 10.1 Å². The molecule has 2 heterocycles. The van der Waals surface area contributed by atoms with E-state index in [-0.39, 0.29) is 22.6 Å². The molecule has 1 spiro atoms. The van der Waals surface area contributed by atoms with Crippen LogP contribution in [0, 0.1) is 5.41 Å². The number of nitrogens with zero attached hydrogens (tertiary/aromatic N) is 2. The van der Waals surface area contributed by atoms with E-state index in [4.69, 9.17) is 4.74 Å². The van der Waals surface area contributed by atoms with Crippen LogP contribution >= 0.6 is 0 Å². The molecule has 2 aliphatic rings. The number of piperidine rings is 1. The second kappa shape index (κ2) is 10.1. The van der Waals surface area contributed by atoms with Crippen molar-refractivity contribution < 1.29 is 32.3 Å². The molecule has 1 N–H and O–H groups in total. The first kappa shape index (κ1) is 25.0. The van der Waals surface area contributed by atoms with Gasteiger partial charge in [-0.25, -0.2) is 13.2 Å². The summed E-state index contributed by atoms with van der Waals surface area (Å²) in [5.41, 5.74) is -0.148. The summed E-state index contributed by atoms with van der Waals surface area (Å²) in [6.45, 7) is 3.07. The van der Waals surface area contributed by atoms with Crippen molar-refractivity contribution in [2.45, 2.75) is 43.5 Å². The molecule has 1 aromatic rings.